The monoisotopic (exact) mass is 402 g/mol. The number of rotatable bonds is 6. The average molecular weight is 402 g/mol. The summed E-state index contributed by atoms with van der Waals surface area (Å²) in [5, 5.41) is 8.75. The molecule has 7 nitrogen and oxygen atoms in total. The van der Waals surface area contributed by atoms with Gasteiger partial charge in [-0.1, -0.05) is 12.1 Å². The molecule has 0 saturated heterocycles. The Balaban J connectivity index is 1.86. The summed E-state index contributed by atoms with van der Waals surface area (Å²) < 4.78 is 27.3. The maximum atomic E-state index is 13.0. The first-order chi connectivity index (χ1) is 13.2. The topological polar surface area (TPSA) is 95.0 Å². The van der Waals surface area contributed by atoms with Gasteiger partial charge in [0, 0.05) is 25.7 Å². The van der Waals surface area contributed by atoms with Crippen molar-refractivity contribution in [1.82, 2.24) is 0 Å². The Morgan fingerprint density at radius 1 is 1.14 bits per heavy atom. The molecule has 1 heterocycles. The van der Waals surface area contributed by atoms with Crippen molar-refractivity contribution in [2.45, 2.75) is 31.1 Å². The number of hydrogen-bond donors (Lipinski definition) is 1. The number of anilines is 2. The molecular formula is C20H22N2O5S. The summed E-state index contributed by atoms with van der Waals surface area (Å²) in [6, 6.07) is 12.0. The second-order valence-corrected chi connectivity index (χ2v) is 8.76. The van der Waals surface area contributed by atoms with Crippen LogP contribution < -0.4 is 9.21 Å². The van der Waals surface area contributed by atoms with Gasteiger partial charge in [0.1, 0.15) is 0 Å². The number of carboxylic acids is 1. The predicted molar refractivity (Wildman–Crippen MR) is 106 cm³/mol. The third kappa shape index (κ3) is 3.87. The standard InChI is InChI=1S/C20H22N2O5S/c1-14-4-3-5-16(12-14)21(2)28(26,27)17-6-7-18-15(13-17)10-11-22(18)19(23)8-9-20(24)25/h3-7,12-13H,8-11H2,1-2H3,(H,24,25). The van der Waals surface area contributed by atoms with Gasteiger partial charge in [-0.25, -0.2) is 8.42 Å². The van der Waals surface area contributed by atoms with Gasteiger partial charge < -0.3 is 10.0 Å². The van der Waals surface area contributed by atoms with Crippen LogP contribution in [0.15, 0.2) is 47.4 Å². The molecule has 3 rings (SSSR count). The number of sulfonamides is 1. The van der Waals surface area contributed by atoms with Gasteiger partial charge in [0.25, 0.3) is 10.0 Å². The second-order valence-electron chi connectivity index (χ2n) is 6.79. The van der Waals surface area contributed by atoms with Crippen molar-refractivity contribution in [3.63, 3.8) is 0 Å². The van der Waals surface area contributed by atoms with Crippen molar-refractivity contribution in [3.05, 3.63) is 53.6 Å². The molecule has 0 aliphatic carbocycles. The molecule has 1 N–H and O–H groups in total. The molecule has 0 atom stereocenters. The van der Waals surface area contributed by atoms with E-state index in [1.54, 1.807) is 30.3 Å². The van der Waals surface area contributed by atoms with Gasteiger partial charge in [-0.15, -0.1) is 0 Å². The molecular weight excluding hydrogens is 380 g/mol. The Hall–Kier alpha value is -2.87. The lowest BCUT2D eigenvalue weighted by molar-refractivity contribution is -0.138. The third-order valence-corrected chi connectivity index (χ3v) is 6.61. The fourth-order valence-corrected chi connectivity index (χ4v) is 4.51. The first kappa shape index (κ1) is 19.9. The molecule has 1 aliphatic heterocycles. The highest BCUT2D eigenvalue weighted by atomic mass is 32.2. The Kier molecular flexibility index (Phi) is 5.42. The molecule has 1 amide bonds. The van der Waals surface area contributed by atoms with Crippen LogP contribution in [-0.2, 0) is 26.0 Å². The molecule has 2 aromatic carbocycles. The number of aliphatic carboxylic acids is 1. The van der Waals surface area contributed by atoms with Crippen molar-refractivity contribution in [2.75, 3.05) is 22.8 Å². The number of carbonyl (C=O) groups is 2. The zero-order chi connectivity index (χ0) is 20.5. The number of carboxylic acid groups (broad SMARTS) is 1. The summed E-state index contributed by atoms with van der Waals surface area (Å²) in [7, 11) is -2.22. The van der Waals surface area contributed by atoms with Crippen LogP contribution in [0.1, 0.15) is 24.0 Å². The van der Waals surface area contributed by atoms with Gasteiger partial charge in [-0.3, -0.25) is 13.9 Å². The molecule has 0 fully saturated rings. The lowest BCUT2D eigenvalue weighted by Crippen LogP contribution is -2.29. The number of aryl methyl sites for hydroxylation is 1. The van der Waals surface area contributed by atoms with Gasteiger partial charge in [-0.2, -0.15) is 0 Å². The molecule has 2 aromatic rings. The summed E-state index contributed by atoms with van der Waals surface area (Å²) in [5.74, 6) is -1.29. The average Bonchev–Trinajstić information content (AvgIpc) is 3.08. The number of fused-ring (bicyclic) bond motifs is 1. The van der Waals surface area contributed by atoms with Crippen LogP contribution in [0, 0.1) is 6.92 Å². The van der Waals surface area contributed by atoms with Crippen LogP contribution >= 0.6 is 0 Å². The van der Waals surface area contributed by atoms with Crippen LogP contribution in [0.5, 0.6) is 0 Å². The van der Waals surface area contributed by atoms with Crippen molar-refractivity contribution in [1.29, 1.82) is 0 Å². The number of hydrogen-bond acceptors (Lipinski definition) is 4. The van der Waals surface area contributed by atoms with Crippen LogP contribution in [0.2, 0.25) is 0 Å². The number of benzene rings is 2. The van der Waals surface area contributed by atoms with Crippen molar-refractivity contribution in [2.24, 2.45) is 0 Å². The van der Waals surface area contributed by atoms with Crippen molar-refractivity contribution >= 4 is 33.3 Å². The molecule has 0 aromatic heterocycles. The normalized spacial score (nSPS) is 13.3. The summed E-state index contributed by atoms with van der Waals surface area (Å²) in [6.45, 7) is 2.32. The van der Waals surface area contributed by atoms with Gasteiger partial charge in [0.15, 0.2) is 0 Å². The van der Waals surface area contributed by atoms with E-state index >= 15 is 0 Å². The van der Waals surface area contributed by atoms with Crippen LogP contribution in [0.4, 0.5) is 11.4 Å². The maximum Gasteiger partial charge on any atom is 0.303 e. The lowest BCUT2D eigenvalue weighted by atomic mass is 10.2. The van der Waals surface area contributed by atoms with Gasteiger partial charge in [0.2, 0.25) is 5.91 Å². The van der Waals surface area contributed by atoms with E-state index in [1.165, 1.54) is 22.3 Å². The van der Waals surface area contributed by atoms with E-state index in [2.05, 4.69) is 0 Å². The minimum Gasteiger partial charge on any atom is -0.481 e. The number of nitrogens with zero attached hydrogens (tertiary/aromatic N) is 2. The van der Waals surface area contributed by atoms with Crippen molar-refractivity contribution < 1.29 is 23.1 Å². The quantitative estimate of drug-likeness (QED) is 0.801. The molecule has 148 valence electrons. The van der Waals surface area contributed by atoms with E-state index in [4.69, 9.17) is 5.11 Å². The number of amides is 1. The summed E-state index contributed by atoms with van der Waals surface area (Å²) in [4.78, 5) is 24.6. The Labute approximate surface area is 164 Å². The largest absolute Gasteiger partial charge is 0.481 e. The van der Waals surface area contributed by atoms with Gasteiger partial charge in [0.05, 0.1) is 17.0 Å². The summed E-state index contributed by atoms with van der Waals surface area (Å²) in [6.07, 6.45) is 0.231. The minimum absolute atomic E-state index is 0.0785. The zero-order valence-corrected chi connectivity index (χ0v) is 16.6. The van der Waals surface area contributed by atoms with Crippen molar-refractivity contribution in [3.8, 4) is 0 Å². The van der Waals surface area contributed by atoms with Crippen LogP contribution in [0.3, 0.4) is 0 Å². The smallest absolute Gasteiger partial charge is 0.303 e. The van der Waals surface area contributed by atoms with E-state index in [1.807, 2.05) is 13.0 Å². The predicted octanol–water partition coefficient (Wildman–Crippen LogP) is 2.57. The zero-order valence-electron chi connectivity index (χ0n) is 15.8. The molecule has 0 bridgehead atoms. The first-order valence-corrected chi connectivity index (χ1v) is 10.3. The van der Waals surface area contributed by atoms with Crippen LogP contribution in [0.25, 0.3) is 0 Å². The molecule has 1 aliphatic rings. The highest BCUT2D eigenvalue weighted by Gasteiger charge is 2.28. The van der Waals surface area contributed by atoms with Gasteiger partial charge >= 0.3 is 5.97 Å². The molecule has 0 spiro atoms. The molecule has 0 unspecified atom stereocenters. The van der Waals surface area contributed by atoms with E-state index in [-0.39, 0.29) is 23.6 Å². The molecule has 0 saturated carbocycles. The SMILES string of the molecule is Cc1cccc(N(C)S(=O)(=O)c2ccc3c(c2)CCN3C(=O)CCC(=O)O)c1. The Morgan fingerprint density at radius 3 is 2.57 bits per heavy atom. The fraction of sp³-hybridized carbons (Fsp3) is 0.300. The second kappa shape index (κ2) is 7.63. The fourth-order valence-electron chi connectivity index (χ4n) is 3.27. The van der Waals surface area contributed by atoms with Crippen LogP contribution in [-0.4, -0.2) is 39.0 Å². The van der Waals surface area contributed by atoms with E-state index in [9.17, 15) is 18.0 Å². The Bertz CT molecular complexity index is 1030. The minimum atomic E-state index is -3.74. The van der Waals surface area contributed by atoms with E-state index in [0.717, 1.165) is 11.1 Å². The summed E-state index contributed by atoms with van der Waals surface area (Å²) in [5.41, 5.74) is 2.95. The highest BCUT2D eigenvalue weighted by molar-refractivity contribution is 7.92. The Morgan fingerprint density at radius 2 is 1.89 bits per heavy atom. The summed E-state index contributed by atoms with van der Waals surface area (Å²) >= 11 is 0. The molecule has 8 heteroatoms. The first-order valence-electron chi connectivity index (χ1n) is 8.91. The maximum absolute atomic E-state index is 13.0. The van der Waals surface area contributed by atoms with E-state index < -0.39 is 16.0 Å². The van der Waals surface area contributed by atoms with E-state index in [0.29, 0.717) is 24.3 Å². The third-order valence-electron chi connectivity index (χ3n) is 4.82. The highest BCUT2D eigenvalue weighted by Crippen LogP contribution is 2.32. The van der Waals surface area contributed by atoms with Gasteiger partial charge in [-0.05, 0) is 54.8 Å². The number of carbonyl (C=O) groups excluding carboxylic acids is 1. The molecule has 0 radical (unpaired) electrons. The lowest BCUT2D eigenvalue weighted by Gasteiger charge is -2.21. The molecule has 28 heavy (non-hydrogen) atoms.